The number of benzene rings is 1. The molecule has 0 fully saturated rings. The molecule has 2 aromatic heterocycles. The van der Waals surface area contributed by atoms with E-state index in [1.54, 1.807) is 37.9 Å². The molecule has 3 rings (SSSR count). The molecule has 0 aliphatic carbocycles. The van der Waals surface area contributed by atoms with Crippen molar-refractivity contribution in [2.24, 2.45) is 4.99 Å². The van der Waals surface area contributed by atoms with Gasteiger partial charge in [-0.25, -0.2) is 14.4 Å². The molecule has 1 unspecified atom stereocenters. The minimum absolute atomic E-state index is 0.107. The number of ether oxygens (including phenoxy) is 1. The lowest BCUT2D eigenvalue weighted by Crippen LogP contribution is -2.42. The van der Waals surface area contributed by atoms with Gasteiger partial charge >= 0.3 is 0 Å². The summed E-state index contributed by atoms with van der Waals surface area (Å²) >= 11 is 0. The summed E-state index contributed by atoms with van der Waals surface area (Å²) in [5.41, 5.74) is 1.06. The van der Waals surface area contributed by atoms with Crippen molar-refractivity contribution in [3.63, 3.8) is 0 Å². The van der Waals surface area contributed by atoms with Crippen LogP contribution < -0.4 is 15.4 Å². The Hall–Kier alpha value is -3.42. The van der Waals surface area contributed by atoms with Gasteiger partial charge in [0.1, 0.15) is 29.8 Å². The summed E-state index contributed by atoms with van der Waals surface area (Å²) in [5, 5.41) is 6.54. The third kappa shape index (κ3) is 6.03. The van der Waals surface area contributed by atoms with E-state index < -0.39 is 0 Å². The van der Waals surface area contributed by atoms with Crippen LogP contribution in [0.5, 0.6) is 5.75 Å². The number of hydrogen-bond acceptors (Lipinski definition) is 4. The molecule has 0 aliphatic heterocycles. The zero-order chi connectivity index (χ0) is 20.5. The summed E-state index contributed by atoms with van der Waals surface area (Å²) in [6, 6.07) is 10.1. The lowest BCUT2D eigenvalue weighted by molar-refractivity contribution is 0.199. The van der Waals surface area contributed by atoms with E-state index >= 15 is 0 Å². The van der Waals surface area contributed by atoms with Crippen molar-refractivity contribution >= 4 is 5.96 Å². The highest BCUT2D eigenvalue weighted by atomic mass is 19.1. The highest BCUT2D eigenvalue weighted by Gasteiger charge is 2.10. The molecule has 0 amide bonds. The van der Waals surface area contributed by atoms with E-state index in [-0.39, 0.29) is 11.9 Å². The van der Waals surface area contributed by atoms with Gasteiger partial charge in [-0.1, -0.05) is 13.0 Å². The first-order valence-corrected chi connectivity index (χ1v) is 9.48. The highest BCUT2D eigenvalue weighted by Crippen LogP contribution is 2.14. The fraction of sp³-hybridized carbons (Fsp3) is 0.286. The zero-order valence-corrected chi connectivity index (χ0v) is 16.5. The van der Waals surface area contributed by atoms with Gasteiger partial charge in [-0.2, -0.15) is 0 Å². The first-order chi connectivity index (χ1) is 14.2. The average molecular weight is 396 g/mol. The predicted octanol–water partition coefficient (Wildman–Crippen LogP) is 2.93. The van der Waals surface area contributed by atoms with Crippen molar-refractivity contribution in [3.05, 3.63) is 72.7 Å². The molecule has 0 saturated carbocycles. The smallest absolute Gasteiger partial charge is 0.191 e. The minimum atomic E-state index is -0.310. The van der Waals surface area contributed by atoms with E-state index in [1.165, 1.54) is 12.1 Å². The van der Waals surface area contributed by atoms with E-state index in [0.29, 0.717) is 24.8 Å². The first kappa shape index (κ1) is 20.3. The Labute approximate surface area is 169 Å². The molecule has 2 N–H and O–H groups in total. The standard InChI is InChI=1S/C21H25FN6O/c1-3-18(29-19-6-4-5-17(22)12-19)14-27-21(23-2)26-13-16-7-8-25-20(11-16)28-10-9-24-15-28/h4-12,15,18H,3,13-14H2,1-2H3,(H2,23,26,27). The van der Waals surface area contributed by atoms with Crippen molar-refractivity contribution in [2.75, 3.05) is 13.6 Å². The van der Waals surface area contributed by atoms with Crippen LogP contribution in [0.1, 0.15) is 18.9 Å². The van der Waals surface area contributed by atoms with Gasteiger partial charge in [0.15, 0.2) is 5.96 Å². The third-order valence-electron chi connectivity index (χ3n) is 4.31. The second-order valence-corrected chi connectivity index (χ2v) is 6.40. The number of aliphatic imine (C=N–C) groups is 1. The molecule has 1 atom stereocenters. The molecular weight excluding hydrogens is 371 g/mol. The fourth-order valence-corrected chi connectivity index (χ4v) is 2.73. The van der Waals surface area contributed by atoms with Crippen LogP contribution in [0.3, 0.4) is 0 Å². The van der Waals surface area contributed by atoms with Gasteiger partial charge < -0.3 is 15.4 Å². The van der Waals surface area contributed by atoms with Crippen LogP contribution in [-0.2, 0) is 6.54 Å². The number of rotatable bonds is 8. The predicted molar refractivity (Wildman–Crippen MR) is 111 cm³/mol. The monoisotopic (exact) mass is 396 g/mol. The molecule has 0 aliphatic rings. The number of halogens is 1. The van der Waals surface area contributed by atoms with Crippen molar-refractivity contribution < 1.29 is 9.13 Å². The third-order valence-corrected chi connectivity index (χ3v) is 4.31. The average Bonchev–Trinajstić information content (AvgIpc) is 3.28. The van der Waals surface area contributed by atoms with E-state index in [1.807, 2.05) is 29.8 Å². The molecular formula is C21H25FN6O. The molecule has 2 heterocycles. The van der Waals surface area contributed by atoms with Crippen molar-refractivity contribution in [1.29, 1.82) is 0 Å². The van der Waals surface area contributed by atoms with E-state index in [4.69, 9.17) is 4.74 Å². The Balaban J connectivity index is 1.52. The number of hydrogen-bond donors (Lipinski definition) is 2. The van der Waals surface area contributed by atoms with Crippen molar-refractivity contribution in [3.8, 4) is 11.6 Å². The topological polar surface area (TPSA) is 76.4 Å². The van der Waals surface area contributed by atoms with Crippen LogP contribution in [0.15, 0.2) is 66.3 Å². The Morgan fingerprint density at radius 3 is 2.86 bits per heavy atom. The summed E-state index contributed by atoms with van der Waals surface area (Å²) in [4.78, 5) is 12.6. The quantitative estimate of drug-likeness (QED) is 0.452. The number of aromatic nitrogens is 3. The first-order valence-electron chi connectivity index (χ1n) is 9.48. The summed E-state index contributed by atoms with van der Waals surface area (Å²) < 4.78 is 21.0. The molecule has 0 saturated heterocycles. The van der Waals surface area contributed by atoms with E-state index in [9.17, 15) is 4.39 Å². The van der Waals surface area contributed by atoms with Crippen molar-refractivity contribution in [1.82, 2.24) is 25.2 Å². The molecule has 0 radical (unpaired) electrons. The molecule has 7 nitrogen and oxygen atoms in total. The SMILES string of the molecule is CCC(CNC(=NC)NCc1ccnc(-n2ccnc2)c1)Oc1cccc(F)c1. The zero-order valence-electron chi connectivity index (χ0n) is 16.5. The number of guanidine groups is 1. The normalized spacial score (nSPS) is 12.4. The van der Waals surface area contributed by atoms with Crippen LogP contribution in [0, 0.1) is 5.82 Å². The van der Waals surface area contributed by atoms with Gasteiger partial charge in [0.25, 0.3) is 0 Å². The van der Waals surface area contributed by atoms with E-state index in [2.05, 4.69) is 25.6 Å². The summed E-state index contributed by atoms with van der Waals surface area (Å²) in [7, 11) is 1.72. The molecule has 152 valence electrons. The number of imidazole rings is 1. The Bertz CT molecular complexity index is 928. The number of nitrogens with one attached hydrogen (secondary N) is 2. The van der Waals surface area contributed by atoms with Crippen LogP contribution in [0.4, 0.5) is 4.39 Å². The Morgan fingerprint density at radius 2 is 2.14 bits per heavy atom. The largest absolute Gasteiger partial charge is 0.489 e. The fourth-order valence-electron chi connectivity index (χ4n) is 2.73. The lowest BCUT2D eigenvalue weighted by Gasteiger charge is -2.20. The van der Waals surface area contributed by atoms with Gasteiger partial charge in [0, 0.05) is 38.2 Å². The maximum Gasteiger partial charge on any atom is 0.191 e. The molecule has 0 spiro atoms. The summed E-state index contributed by atoms with van der Waals surface area (Å²) in [5.74, 6) is 1.67. The molecule has 8 heteroatoms. The maximum absolute atomic E-state index is 13.3. The second-order valence-electron chi connectivity index (χ2n) is 6.40. The maximum atomic E-state index is 13.3. The summed E-state index contributed by atoms with van der Waals surface area (Å²) in [6.45, 7) is 3.16. The number of pyridine rings is 1. The molecule has 1 aromatic carbocycles. The number of nitrogens with zero attached hydrogens (tertiary/aromatic N) is 4. The minimum Gasteiger partial charge on any atom is -0.489 e. The van der Waals surface area contributed by atoms with Gasteiger partial charge in [0.05, 0.1) is 6.54 Å². The van der Waals surface area contributed by atoms with Gasteiger partial charge in [0.2, 0.25) is 0 Å². The molecule has 29 heavy (non-hydrogen) atoms. The van der Waals surface area contributed by atoms with Crippen LogP contribution in [0.25, 0.3) is 5.82 Å². The second kappa shape index (κ2) is 10.2. The van der Waals surface area contributed by atoms with Crippen LogP contribution >= 0.6 is 0 Å². The van der Waals surface area contributed by atoms with Crippen molar-refractivity contribution in [2.45, 2.75) is 26.0 Å². The van der Waals surface area contributed by atoms with Crippen LogP contribution in [-0.4, -0.2) is 40.2 Å². The summed E-state index contributed by atoms with van der Waals surface area (Å²) in [6.07, 6.45) is 7.72. The Morgan fingerprint density at radius 1 is 1.24 bits per heavy atom. The van der Waals surface area contributed by atoms with Crippen LogP contribution in [0.2, 0.25) is 0 Å². The highest BCUT2D eigenvalue weighted by molar-refractivity contribution is 5.79. The molecule has 0 bridgehead atoms. The lowest BCUT2D eigenvalue weighted by atomic mass is 10.2. The van der Waals surface area contributed by atoms with Gasteiger partial charge in [-0.15, -0.1) is 0 Å². The van der Waals surface area contributed by atoms with Gasteiger partial charge in [-0.05, 0) is 36.2 Å². The van der Waals surface area contributed by atoms with Gasteiger partial charge in [-0.3, -0.25) is 9.56 Å². The molecule has 3 aromatic rings. The van der Waals surface area contributed by atoms with E-state index in [0.717, 1.165) is 17.8 Å². The Kier molecular flexibility index (Phi) is 7.16.